The predicted octanol–water partition coefficient (Wildman–Crippen LogP) is 0.873. The van der Waals surface area contributed by atoms with E-state index >= 15 is 0 Å². The zero-order valence-electron chi connectivity index (χ0n) is 11.0. The maximum absolute atomic E-state index is 12.5. The quantitative estimate of drug-likeness (QED) is 0.891. The van der Waals surface area contributed by atoms with Gasteiger partial charge in [0.25, 0.3) is 10.0 Å². The second kappa shape index (κ2) is 4.60. The van der Waals surface area contributed by atoms with Gasteiger partial charge in [0.1, 0.15) is 5.75 Å². The molecule has 6 nitrogen and oxygen atoms in total. The lowest BCUT2D eigenvalue weighted by Gasteiger charge is -2.27. The maximum atomic E-state index is 12.5. The summed E-state index contributed by atoms with van der Waals surface area (Å²) in [5.41, 5.74) is 1.92. The summed E-state index contributed by atoms with van der Waals surface area (Å²) in [7, 11) is -1.85. The molecule has 0 atom stereocenters. The number of phenolic OH excluding ortho intramolecular Hbond substituents is 1. The Kier molecular flexibility index (Phi) is 3.02. The molecule has 0 spiro atoms. The smallest absolute Gasteiger partial charge is 0.262 e. The molecule has 0 fully saturated rings. The Labute approximate surface area is 117 Å². The van der Waals surface area contributed by atoms with Crippen LogP contribution in [0.2, 0.25) is 0 Å². The molecule has 0 radical (unpaired) electrons. The van der Waals surface area contributed by atoms with Crippen LogP contribution in [0.25, 0.3) is 0 Å². The first-order valence-electron chi connectivity index (χ1n) is 6.26. The molecule has 2 aromatic rings. The topological polar surface area (TPSA) is 75.4 Å². The van der Waals surface area contributed by atoms with Gasteiger partial charge >= 0.3 is 0 Å². The number of aryl methyl sites for hydroxylation is 1. The van der Waals surface area contributed by atoms with E-state index in [-0.39, 0.29) is 17.3 Å². The van der Waals surface area contributed by atoms with Crippen LogP contribution in [0.1, 0.15) is 11.1 Å². The number of hydrogen-bond acceptors (Lipinski definition) is 4. The van der Waals surface area contributed by atoms with Crippen molar-refractivity contribution in [3.63, 3.8) is 0 Å². The van der Waals surface area contributed by atoms with Gasteiger partial charge in [-0.25, -0.2) is 13.4 Å². The fourth-order valence-corrected chi connectivity index (χ4v) is 3.76. The fraction of sp³-hybridized carbons (Fsp3) is 0.308. The lowest BCUT2D eigenvalue weighted by Crippen LogP contribution is -2.36. The minimum absolute atomic E-state index is 0.0589. The van der Waals surface area contributed by atoms with Crippen molar-refractivity contribution >= 4 is 10.0 Å². The average Bonchev–Trinajstić information content (AvgIpc) is 2.85. The number of rotatable bonds is 2. The standard InChI is InChI=1S/C13H15N3O3S/c1-15-8-13(14-9-15)20(18,19)16-5-4-10-2-3-12(17)6-11(10)7-16/h2-3,6,8-9,17H,4-5,7H2,1H3. The summed E-state index contributed by atoms with van der Waals surface area (Å²) in [5.74, 6) is 0.154. The lowest BCUT2D eigenvalue weighted by molar-refractivity contribution is 0.387. The second-order valence-electron chi connectivity index (χ2n) is 4.92. The number of nitrogens with zero attached hydrogens (tertiary/aromatic N) is 3. The first-order valence-corrected chi connectivity index (χ1v) is 7.70. The summed E-state index contributed by atoms with van der Waals surface area (Å²) in [6.45, 7) is 0.694. The van der Waals surface area contributed by atoms with Crippen LogP contribution < -0.4 is 0 Å². The highest BCUT2D eigenvalue weighted by molar-refractivity contribution is 7.89. The van der Waals surface area contributed by atoms with E-state index in [9.17, 15) is 13.5 Å². The molecule has 2 heterocycles. The van der Waals surface area contributed by atoms with Crippen LogP contribution >= 0.6 is 0 Å². The molecule has 1 aromatic carbocycles. The van der Waals surface area contributed by atoms with Gasteiger partial charge in [-0.15, -0.1) is 0 Å². The largest absolute Gasteiger partial charge is 0.508 e. The number of imidazole rings is 1. The summed E-state index contributed by atoms with van der Waals surface area (Å²) in [5, 5.41) is 9.57. The molecule has 3 rings (SSSR count). The van der Waals surface area contributed by atoms with E-state index < -0.39 is 10.0 Å². The molecular weight excluding hydrogens is 278 g/mol. The first-order chi connectivity index (χ1) is 9.46. The zero-order chi connectivity index (χ0) is 14.3. The SMILES string of the molecule is Cn1cnc(S(=O)(=O)N2CCc3ccc(O)cc3C2)c1. The summed E-state index contributed by atoms with van der Waals surface area (Å²) in [6.07, 6.45) is 3.60. The molecule has 1 aromatic heterocycles. The monoisotopic (exact) mass is 293 g/mol. The molecule has 0 amide bonds. The van der Waals surface area contributed by atoms with Gasteiger partial charge in [0, 0.05) is 26.3 Å². The van der Waals surface area contributed by atoms with Gasteiger partial charge < -0.3 is 9.67 Å². The third-order valence-corrected chi connectivity index (χ3v) is 5.18. The number of aromatic nitrogens is 2. The Morgan fingerprint density at radius 2 is 2.10 bits per heavy atom. The molecule has 1 N–H and O–H groups in total. The Balaban J connectivity index is 1.93. The number of hydrogen-bond donors (Lipinski definition) is 1. The van der Waals surface area contributed by atoms with Crippen molar-refractivity contribution in [1.82, 2.24) is 13.9 Å². The number of sulfonamides is 1. The number of benzene rings is 1. The molecule has 1 aliphatic rings. The van der Waals surface area contributed by atoms with Gasteiger partial charge in [0.2, 0.25) is 0 Å². The Morgan fingerprint density at radius 3 is 2.80 bits per heavy atom. The van der Waals surface area contributed by atoms with Crippen LogP contribution in [-0.4, -0.2) is 33.9 Å². The summed E-state index contributed by atoms with van der Waals surface area (Å²) < 4.78 is 28.0. The van der Waals surface area contributed by atoms with Crippen molar-refractivity contribution in [2.75, 3.05) is 6.54 Å². The van der Waals surface area contributed by atoms with Crippen molar-refractivity contribution in [3.8, 4) is 5.75 Å². The van der Waals surface area contributed by atoms with E-state index in [0.29, 0.717) is 13.0 Å². The minimum Gasteiger partial charge on any atom is -0.508 e. The zero-order valence-corrected chi connectivity index (χ0v) is 11.8. The van der Waals surface area contributed by atoms with Crippen LogP contribution in [0.15, 0.2) is 35.7 Å². The van der Waals surface area contributed by atoms with Crippen LogP contribution in [-0.2, 0) is 30.0 Å². The van der Waals surface area contributed by atoms with E-state index in [0.717, 1.165) is 11.1 Å². The van der Waals surface area contributed by atoms with Gasteiger partial charge in [0.15, 0.2) is 5.03 Å². The van der Waals surface area contributed by atoms with E-state index in [1.165, 1.54) is 16.8 Å². The highest BCUT2D eigenvalue weighted by Crippen LogP contribution is 2.26. The molecule has 0 saturated carbocycles. The molecule has 0 saturated heterocycles. The van der Waals surface area contributed by atoms with Crippen molar-refractivity contribution < 1.29 is 13.5 Å². The van der Waals surface area contributed by atoms with Crippen LogP contribution in [0, 0.1) is 0 Å². The fourth-order valence-electron chi connectivity index (χ4n) is 2.38. The second-order valence-corrected chi connectivity index (χ2v) is 6.80. The van der Waals surface area contributed by atoms with Crippen molar-refractivity contribution in [2.45, 2.75) is 18.0 Å². The van der Waals surface area contributed by atoms with Gasteiger partial charge in [-0.3, -0.25) is 0 Å². The molecule has 7 heteroatoms. The number of aromatic hydroxyl groups is 1. The molecule has 106 valence electrons. The first kappa shape index (κ1) is 13.1. The number of phenols is 1. The number of fused-ring (bicyclic) bond motifs is 1. The average molecular weight is 293 g/mol. The van der Waals surface area contributed by atoms with Crippen LogP contribution in [0.5, 0.6) is 5.75 Å². The van der Waals surface area contributed by atoms with Crippen molar-refractivity contribution in [1.29, 1.82) is 0 Å². The molecule has 0 bridgehead atoms. The maximum Gasteiger partial charge on any atom is 0.262 e. The molecular formula is C13H15N3O3S. The van der Waals surface area contributed by atoms with Gasteiger partial charge in [-0.1, -0.05) is 6.07 Å². The van der Waals surface area contributed by atoms with Gasteiger partial charge in [0.05, 0.1) is 6.33 Å². The molecule has 20 heavy (non-hydrogen) atoms. The summed E-state index contributed by atoms with van der Waals surface area (Å²) in [4.78, 5) is 3.92. The van der Waals surface area contributed by atoms with E-state index in [1.807, 2.05) is 6.07 Å². The predicted molar refractivity (Wildman–Crippen MR) is 72.6 cm³/mol. The highest BCUT2D eigenvalue weighted by atomic mass is 32.2. The third-order valence-electron chi connectivity index (χ3n) is 3.45. The van der Waals surface area contributed by atoms with E-state index in [2.05, 4.69) is 4.98 Å². The molecule has 0 aliphatic carbocycles. The van der Waals surface area contributed by atoms with Crippen LogP contribution in [0.3, 0.4) is 0 Å². The Morgan fingerprint density at radius 1 is 1.30 bits per heavy atom. The van der Waals surface area contributed by atoms with Gasteiger partial charge in [-0.2, -0.15) is 4.31 Å². The van der Waals surface area contributed by atoms with Crippen molar-refractivity contribution in [2.24, 2.45) is 7.05 Å². The van der Waals surface area contributed by atoms with E-state index in [1.54, 1.807) is 23.7 Å². The summed E-state index contributed by atoms with van der Waals surface area (Å²) in [6, 6.07) is 5.09. The third kappa shape index (κ3) is 2.19. The Bertz CT molecular complexity index is 752. The Hall–Kier alpha value is -1.86. The summed E-state index contributed by atoms with van der Waals surface area (Å²) >= 11 is 0. The lowest BCUT2D eigenvalue weighted by atomic mass is 10.0. The van der Waals surface area contributed by atoms with Gasteiger partial charge in [-0.05, 0) is 29.7 Å². The van der Waals surface area contributed by atoms with Crippen molar-refractivity contribution in [3.05, 3.63) is 41.9 Å². The normalized spacial score (nSPS) is 16.1. The minimum atomic E-state index is -3.58. The molecule has 1 aliphatic heterocycles. The van der Waals surface area contributed by atoms with E-state index in [4.69, 9.17) is 0 Å². The highest BCUT2D eigenvalue weighted by Gasteiger charge is 2.30. The van der Waals surface area contributed by atoms with Crippen LogP contribution in [0.4, 0.5) is 0 Å². The molecule has 0 unspecified atom stereocenters.